The second kappa shape index (κ2) is 14.8. The smallest absolute Gasteiger partial charge is 0.410 e. The molecule has 0 bridgehead atoms. The molecule has 2 unspecified atom stereocenters. The van der Waals surface area contributed by atoms with Gasteiger partial charge in [0, 0.05) is 49.9 Å². The molecular formula is C37H48FN5O8S. The van der Waals surface area contributed by atoms with Crippen LogP contribution in [0.3, 0.4) is 0 Å². The van der Waals surface area contributed by atoms with Crippen molar-refractivity contribution in [2.75, 3.05) is 19.6 Å². The number of sulfonamides is 1. The van der Waals surface area contributed by atoms with Crippen LogP contribution >= 0.6 is 0 Å². The van der Waals surface area contributed by atoms with Crippen LogP contribution in [0.1, 0.15) is 94.6 Å². The monoisotopic (exact) mass is 741 g/mol. The van der Waals surface area contributed by atoms with Crippen LogP contribution in [-0.2, 0) is 47.0 Å². The first-order chi connectivity index (χ1) is 24.9. The first kappa shape index (κ1) is 36.4. The summed E-state index contributed by atoms with van der Waals surface area (Å²) in [6.07, 6.45) is 9.60. The minimum Gasteiger partial charge on any atom is -0.444 e. The number of amides is 5. The fourth-order valence-electron chi connectivity index (χ4n) is 8.19. The lowest BCUT2D eigenvalue weighted by molar-refractivity contribution is -0.145. The van der Waals surface area contributed by atoms with Crippen LogP contribution in [-0.4, -0.2) is 95.4 Å². The third-order valence-corrected chi connectivity index (χ3v) is 13.4. The molecule has 0 radical (unpaired) electrons. The highest BCUT2D eigenvalue weighted by Gasteiger charge is 2.62. The minimum absolute atomic E-state index is 0.000919. The number of piperidine rings is 1. The molecule has 2 saturated carbocycles. The Kier molecular flexibility index (Phi) is 10.3. The molecule has 4 aliphatic heterocycles. The lowest BCUT2D eigenvalue weighted by atomic mass is 9.94. The number of hydrogen-bond donors (Lipinski definition) is 2. The van der Waals surface area contributed by atoms with E-state index in [9.17, 15) is 36.8 Å². The SMILES string of the molecule is O=C1NC2(C(=O)NS(=O)(=O)C3CC3)CC2/C=C\CCCCC[C@H](CC(=O)N2CCCCC2)C(=O)N2C[C@H](OC(=O)N3Cc4cccc(F)c4C3)C[C@@H]12. The van der Waals surface area contributed by atoms with Crippen molar-refractivity contribution in [1.29, 1.82) is 0 Å². The molecule has 15 heteroatoms. The van der Waals surface area contributed by atoms with Crippen LogP contribution in [0.15, 0.2) is 30.4 Å². The van der Waals surface area contributed by atoms with Gasteiger partial charge in [-0.15, -0.1) is 0 Å². The number of benzene rings is 1. The molecule has 0 spiro atoms. The van der Waals surface area contributed by atoms with Gasteiger partial charge in [-0.2, -0.15) is 0 Å². The highest BCUT2D eigenvalue weighted by molar-refractivity contribution is 7.91. The summed E-state index contributed by atoms with van der Waals surface area (Å²) >= 11 is 0. The van der Waals surface area contributed by atoms with Crippen molar-refractivity contribution in [3.8, 4) is 0 Å². The van der Waals surface area contributed by atoms with E-state index in [1.54, 1.807) is 17.0 Å². The molecule has 5 amide bonds. The number of halogens is 1. The minimum atomic E-state index is -3.90. The van der Waals surface area contributed by atoms with E-state index in [-0.39, 0.29) is 44.8 Å². The quantitative estimate of drug-likeness (QED) is 0.420. The molecule has 2 aliphatic carbocycles. The van der Waals surface area contributed by atoms with Crippen molar-refractivity contribution in [3.05, 3.63) is 47.3 Å². The standard InChI is InChI=1S/C37H48FN5O8S/c38-30-13-9-11-25-21-42(23-29(25)30)36(48)51-27-19-31-33(45)39-37(35(47)40-52(49,50)28-14-15-28)20-26(37)12-6-3-1-2-5-10-24(34(46)43(31)22-27)18-32(44)41-16-7-4-8-17-41/h6,9,11-13,24,26-28,31H,1-5,7-8,10,14-23H2,(H,39,45)(H,40,47)/b12-6-/t24-,26?,27-,31+,37?/m1/s1. The van der Waals surface area contributed by atoms with Crippen LogP contribution in [0.25, 0.3) is 0 Å². The first-order valence-electron chi connectivity index (χ1n) is 18.8. The molecule has 6 aliphatic rings. The molecule has 1 aromatic rings. The molecular weight excluding hydrogens is 693 g/mol. The van der Waals surface area contributed by atoms with E-state index < -0.39 is 74.4 Å². The number of carbonyl (C=O) groups is 5. The van der Waals surface area contributed by atoms with Gasteiger partial charge in [-0.05, 0) is 69.4 Å². The maximum atomic E-state index is 14.5. The highest BCUT2D eigenvalue weighted by Crippen LogP contribution is 2.46. The summed E-state index contributed by atoms with van der Waals surface area (Å²) in [5, 5.41) is 2.20. The predicted molar refractivity (Wildman–Crippen MR) is 186 cm³/mol. The van der Waals surface area contributed by atoms with Gasteiger partial charge in [0.05, 0.1) is 18.3 Å². The van der Waals surface area contributed by atoms with Crippen LogP contribution in [0.4, 0.5) is 9.18 Å². The second-order valence-corrected chi connectivity index (χ2v) is 17.3. The van der Waals surface area contributed by atoms with Crippen LogP contribution in [0.2, 0.25) is 0 Å². The number of allylic oxidation sites excluding steroid dienone is 1. The van der Waals surface area contributed by atoms with E-state index >= 15 is 0 Å². The van der Waals surface area contributed by atoms with E-state index in [0.717, 1.165) is 32.1 Å². The third kappa shape index (κ3) is 7.69. The number of nitrogens with zero attached hydrogens (tertiary/aromatic N) is 3. The summed E-state index contributed by atoms with van der Waals surface area (Å²) in [7, 11) is -3.90. The van der Waals surface area contributed by atoms with Gasteiger partial charge >= 0.3 is 6.09 Å². The Morgan fingerprint density at radius 1 is 0.981 bits per heavy atom. The van der Waals surface area contributed by atoms with E-state index in [2.05, 4.69) is 10.0 Å². The van der Waals surface area contributed by atoms with Gasteiger partial charge < -0.3 is 19.9 Å². The van der Waals surface area contributed by atoms with E-state index in [1.165, 1.54) is 15.9 Å². The fourth-order valence-corrected chi connectivity index (χ4v) is 9.55. The lowest BCUT2D eigenvalue weighted by Gasteiger charge is -2.31. The van der Waals surface area contributed by atoms with Gasteiger partial charge in [-0.25, -0.2) is 17.6 Å². The zero-order valence-electron chi connectivity index (χ0n) is 29.4. The number of ether oxygens (including phenoxy) is 1. The number of carbonyl (C=O) groups excluding carboxylic acids is 5. The summed E-state index contributed by atoms with van der Waals surface area (Å²) in [6.45, 7) is 1.36. The van der Waals surface area contributed by atoms with Gasteiger partial charge in [-0.1, -0.05) is 37.1 Å². The summed E-state index contributed by atoms with van der Waals surface area (Å²) in [6, 6.07) is 3.51. The van der Waals surface area contributed by atoms with Crippen LogP contribution < -0.4 is 10.0 Å². The average molecular weight is 742 g/mol. The zero-order chi connectivity index (χ0) is 36.6. The van der Waals surface area contributed by atoms with Crippen molar-refractivity contribution < 1.29 is 41.5 Å². The van der Waals surface area contributed by atoms with Crippen LogP contribution in [0.5, 0.6) is 0 Å². The number of hydrogen-bond acceptors (Lipinski definition) is 8. The highest BCUT2D eigenvalue weighted by atomic mass is 32.2. The molecule has 7 rings (SSSR count). The topological polar surface area (TPSA) is 162 Å². The molecule has 282 valence electrons. The summed E-state index contributed by atoms with van der Waals surface area (Å²) in [5.74, 6) is -3.52. The molecule has 4 fully saturated rings. The van der Waals surface area contributed by atoms with Crippen molar-refractivity contribution in [3.63, 3.8) is 0 Å². The molecule has 5 atom stereocenters. The molecule has 2 N–H and O–H groups in total. The molecule has 1 aromatic carbocycles. The largest absolute Gasteiger partial charge is 0.444 e. The zero-order valence-corrected chi connectivity index (χ0v) is 30.2. The first-order valence-corrected chi connectivity index (χ1v) is 20.3. The Morgan fingerprint density at radius 2 is 1.75 bits per heavy atom. The van der Waals surface area contributed by atoms with E-state index in [0.29, 0.717) is 56.3 Å². The normalized spacial score (nSPS) is 30.2. The summed E-state index contributed by atoms with van der Waals surface area (Å²) < 4.78 is 48.1. The fraction of sp³-hybridized carbons (Fsp3) is 0.649. The van der Waals surface area contributed by atoms with Crippen molar-refractivity contribution in [2.24, 2.45) is 11.8 Å². The van der Waals surface area contributed by atoms with Gasteiger partial charge in [0.25, 0.3) is 5.91 Å². The van der Waals surface area contributed by atoms with Gasteiger partial charge in [-0.3, -0.25) is 28.8 Å². The number of fused-ring (bicyclic) bond motifs is 3. The van der Waals surface area contributed by atoms with Gasteiger partial charge in [0.1, 0.15) is 23.5 Å². The van der Waals surface area contributed by atoms with Crippen LogP contribution in [0, 0.1) is 17.7 Å². The average Bonchev–Trinajstić information content (AvgIpc) is 4.01. The molecule has 13 nitrogen and oxygen atoms in total. The maximum Gasteiger partial charge on any atom is 0.410 e. The predicted octanol–water partition coefficient (Wildman–Crippen LogP) is 3.27. The Hall–Kier alpha value is -4.01. The third-order valence-electron chi connectivity index (χ3n) is 11.5. The number of rotatable bonds is 6. The summed E-state index contributed by atoms with van der Waals surface area (Å²) in [4.78, 5) is 73.8. The second-order valence-electron chi connectivity index (χ2n) is 15.3. The Morgan fingerprint density at radius 3 is 2.50 bits per heavy atom. The van der Waals surface area contributed by atoms with Crippen molar-refractivity contribution in [2.45, 2.75) is 119 Å². The van der Waals surface area contributed by atoms with E-state index in [4.69, 9.17) is 4.74 Å². The number of nitrogens with one attached hydrogen (secondary N) is 2. The van der Waals surface area contributed by atoms with Gasteiger partial charge in [0.15, 0.2) is 0 Å². The molecule has 52 heavy (non-hydrogen) atoms. The molecule has 4 heterocycles. The van der Waals surface area contributed by atoms with Gasteiger partial charge in [0.2, 0.25) is 27.7 Å². The Bertz CT molecular complexity index is 1740. The molecule has 2 saturated heterocycles. The summed E-state index contributed by atoms with van der Waals surface area (Å²) in [5.41, 5.74) is -0.435. The van der Waals surface area contributed by atoms with Crippen molar-refractivity contribution in [1.82, 2.24) is 24.7 Å². The molecule has 0 aromatic heterocycles. The lowest BCUT2D eigenvalue weighted by Crippen LogP contribution is -2.57. The number of likely N-dealkylation sites (tertiary alicyclic amines) is 1. The Balaban J connectivity index is 1.13. The van der Waals surface area contributed by atoms with E-state index in [1.807, 2.05) is 12.2 Å². The van der Waals surface area contributed by atoms with Crippen molar-refractivity contribution >= 4 is 39.7 Å². The Labute approximate surface area is 303 Å². The maximum absolute atomic E-state index is 14.5.